The van der Waals surface area contributed by atoms with Crippen molar-refractivity contribution >= 4 is 34.1 Å². The number of nitrogens with zero attached hydrogens (tertiary/aromatic N) is 2. The number of ether oxygens (including phenoxy) is 1. The fourth-order valence-electron chi connectivity index (χ4n) is 1.30. The van der Waals surface area contributed by atoms with E-state index >= 15 is 0 Å². The Hall–Kier alpha value is -1.11. The first-order valence-corrected chi connectivity index (χ1v) is 5.59. The summed E-state index contributed by atoms with van der Waals surface area (Å²) in [5.41, 5.74) is 1.48. The zero-order valence-corrected chi connectivity index (χ0v) is 10.3. The number of rotatable bonds is 2. The predicted octanol–water partition coefficient (Wildman–Crippen LogP) is 2.12. The van der Waals surface area contributed by atoms with Gasteiger partial charge in [0.2, 0.25) is 0 Å². The van der Waals surface area contributed by atoms with Gasteiger partial charge in [-0.2, -0.15) is 0 Å². The number of esters is 1. The lowest BCUT2D eigenvalue weighted by molar-refractivity contribution is 0.0526. The Balaban J connectivity index is 2.45. The SMILES string of the molecule is CCOC(=O)c1ccn2cnc(I)c2c1. The third-order valence-corrected chi connectivity index (χ3v) is 2.83. The molecule has 0 bridgehead atoms. The summed E-state index contributed by atoms with van der Waals surface area (Å²) < 4.78 is 7.66. The molecule has 2 rings (SSSR count). The van der Waals surface area contributed by atoms with E-state index in [2.05, 4.69) is 27.6 Å². The van der Waals surface area contributed by atoms with E-state index < -0.39 is 0 Å². The maximum Gasteiger partial charge on any atom is 0.338 e. The molecule has 0 aliphatic carbocycles. The molecule has 0 fully saturated rings. The molecule has 0 unspecified atom stereocenters. The molecule has 2 aromatic heterocycles. The average Bonchev–Trinajstić information content (AvgIpc) is 2.60. The van der Waals surface area contributed by atoms with Gasteiger partial charge in [-0.3, -0.25) is 0 Å². The van der Waals surface area contributed by atoms with Crippen LogP contribution in [0.25, 0.3) is 5.52 Å². The maximum atomic E-state index is 11.5. The van der Waals surface area contributed by atoms with Crippen molar-refractivity contribution in [2.24, 2.45) is 0 Å². The molecule has 78 valence electrons. The van der Waals surface area contributed by atoms with Crippen LogP contribution in [0.5, 0.6) is 0 Å². The normalized spacial score (nSPS) is 10.5. The van der Waals surface area contributed by atoms with Crippen LogP contribution in [0.4, 0.5) is 0 Å². The standard InChI is InChI=1S/C10H9IN2O2/c1-2-15-10(14)7-3-4-13-6-12-9(11)8(13)5-7/h3-6H,2H2,1H3. The Kier molecular flexibility index (Phi) is 2.90. The number of pyridine rings is 1. The Morgan fingerprint density at radius 1 is 1.67 bits per heavy atom. The van der Waals surface area contributed by atoms with E-state index in [0.717, 1.165) is 9.22 Å². The van der Waals surface area contributed by atoms with Crippen LogP contribution < -0.4 is 0 Å². The van der Waals surface area contributed by atoms with Crippen LogP contribution in [-0.2, 0) is 4.74 Å². The Morgan fingerprint density at radius 2 is 2.47 bits per heavy atom. The molecule has 2 heterocycles. The number of carbonyl (C=O) groups excluding carboxylic acids is 1. The first-order valence-electron chi connectivity index (χ1n) is 4.51. The fourth-order valence-corrected chi connectivity index (χ4v) is 1.86. The summed E-state index contributed by atoms with van der Waals surface area (Å²) in [5, 5.41) is 0. The molecule has 15 heavy (non-hydrogen) atoms. The Labute approximate surface area is 100 Å². The summed E-state index contributed by atoms with van der Waals surface area (Å²) in [6.45, 7) is 2.18. The number of imidazole rings is 1. The van der Waals surface area contributed by atoms with Gasteiger partial charge in [0.05, 0.1) is 17.7 Å². The van der Waals surface area contributed by atoms with Crippen LogP contribution in [0.15, 0.2) is 24.7 Å². The minimum atomic E-state index is -0.294. The van der Waals surface area contributed by atoms with Gasteiger partial charge in [-0.25, -0.2) is 9.78 Å². The highest BCUT2D eigenvalue weighted by molar-refractivity contribution is 14.1. The molecule has 0 saturated carbocycles. The fraction of sp³-hybridized carbons (Fsp3) is 0.200. The van der Waals surface area contributed by atoms with Crippen molar-refractivity contribution < 1.29 is 9.53 Å². The van der Waals surface area contributed by atoms with E-state index in [1.165, 1.54) is 0 Å². The highest BCUT2D eigenvalue weighted by Gasteiger charge is 2.08. The predicted molar refractivity (Wildman–Crippen MR) is 63.9 cm³/mol. The van der Waals surface area contributed by atoms with E-state index in [9.17, 15) is 4.79 Å². The lowest BCUT2D eigenvalue weighted by Crippen LogP contribution is -2.04. The van der Waals surface area contributed by atoms with Gasteiger partial charge in [0, 0.05) is 6.20 Å². The highest BCUT2D eigenvalue weighted by Crippen LogP contribution is 2.14. The minimum Gasteiger partial charge on any atom is -0.462 e. The molecule has 5 heteroatoms. The lowest BCUT2D eigenvalue weighted by atomic mass is 10.2. The van der Waals surface area contributed by atoms with Crippen LogP contribution in [0.2, 0.25) is 0 Å². The van der Waals surface area contributed by atoms with Gasteiger partial charge in [-0.05, 0) is 41.6 Å². The molecule has 0 amide bonds. The average molecular weight is 316 g/mol. The summed E-state index contributed by atoms with van der Waals surface area (Å²) >= 11 is 2.13. The molecular weight excluding hydrogens is 307 g/mol. The van der Waals surface area contributed by atoms with Crippen molar-refractivity contribution in [3.05, 3.63) is 33.9 Å². The van der Waals surface area contributed by atoms with Crippen molar-refractivity contribution in [3.63, 3.8) is 0 Å². The minimum absolute atomic E-state index is 0.294. The zero-order chi connectivity index (χ0) is 10.8. The number of fused-ring (bicyclic) bond motifs is 1. The number of hydrogen-bond donors (Lipinski definition) is 0. The molecule has 0 N–H and O–H groups in total. The molecule has 0 aromatic carbocycles. The monoisotopic (exact) mass is 316 g/mol. The Bertz CT molecular complexity index is 507. The van der Waals surface area contributed by atoms with Gasteiger partial charge in [0.15, 0.2) is 0 Å². The van der Waals surface area contributed by atoms with Gasteiger partial charge < -0.3 is 9.14 Å². The van der Waals surface area contributed by atoms with Crippen molar-refractivity contribution in [2.45, 2.75) is 6.92 Å². The topological polar surface area (TPSA) is 43.6 Å². The molecule has 0 aliphatic heterocycles. The quantitative estimate of drug-likeness (QED) is 0.630. The summed E-state index contributed by atoms with van der Waals surface area (Å²) in [5.74, 6) is -0.294. The first-order chi connectivity index (χ1) is 7.22. The van der Waals surface area contributed by atoms with Gasteiger partial charge in [-0.1, -0.05) is 0 Å². The van der Waals surface area contributed by atoms with E-state index in [0.29, 0.717) is 12.2 Å². The van der Waals surface area contributed by atoms with Gasteiger partial charge >= 0.3 is 5.97 Å². The second-order valence-electron chi connectivity index (χ2n) is 2.96. The molecule has 0 atom stereocenters. The summed E-state index contributed by atoms with van der Waals surface area (Å²) in [4.78, 5) is 15.6. The molecule has 0 spiro atoms. The number of aromatic nitrogens is 2. The van der Waals surface area contributed by atoms with Crippen LogP contribution in [0.1, 0.15) is 17.3 Å². The van der Waals surface area contributed by atoms with E-state index in [1.807, 2.05) is 4.40 Å². The number of carbonyl (C=O) groups is 1. The van der Waals surface area contributed by atoms with E-state index in [1.54, 1.807) is 31.6 Å². The largest absolute Gasteiger partial charge is 0.462 e. The number of halogens is 1. The summed E-state index contributed by atoms with van der Waals surface area (Å²) in [6, 6.07) is 3.51. The zero-order valence-electron chi connectivity index (χ0n) is 8.11. The van der Waals surface area contributed by atoms with E-state index in [4.69, 9.17) is 4.74 Å². The second-order valence-corrected chi connectivity index (χ2v) is 3.99. The summed E-state index contributed by atoms with van der Waals surface area (Å²) in [7, 11) is 0. The van der Waals surface area contributed by atoms with Crippen molar-refractivity contribution in [1.29, 1.82) is 0 Å². The molecule has 0 radical (unpaired) electrons. The Morgan fingerprint density at radius 3 is 3.20 bits per heavy atom. The number of hydrogen-bond acceptors (Lipinski definition) is 3. The highest BCUT2D eigenvalue weighted by atomic mass is 127. The van der Waals surface area contributed by atoms with Crippen molar-refractivity contribution in [3.8, 4) is 0 Å². The van der Waals surface area contributed by atoms with Crippen LogP contribution in [0, 0.1) is 3.70 Å². The van der Waals surface area contributed by atoms with Crippen LogP contribution >= 0.6 is 22.6 Å². The molecule has 0 saturated heterocycles. The van der Waals surface area contributed by atoms with Gasteiger partial charge in [-0.15, -0.1) is 0 Å². The third kappa shape index (κ3) is 1.97. The van der Waals surface area contributed by atoms with Crippen LogP contribution in [0.3, 0.4) is 0 Å². The smallest absolute Gasteiger partial charge is 0.338 e. The van der Waals surface area contributed by atoms with Crippen molar-refractivity contribution in [2.75, 3.05) is 6.61 Å². The lowest BCUT2D eigenvalue weighted by Gasteiger charge is -2.02. The third-order valence-electron chi connectivity index (χ3n) is 2.00. The van der Waals surface area contributed by atoms with E-state index in [-0.39, 0.29) is 5.97 Å². The summed E-state index contributed by atoms with van der Waals surface area (Å²) in [6.07, 6.45) is 3.52. The first kappa shape index (κ1) is 10.4. The molecule has 0 aliphatic rings. The molecular formula is C10H9IN2O2. The maximum absolute atomic E-state index is 11.5. The van der Waals surface area contributed by atoms with Crippen molar-refractivity contribution in [1.82, 2.24) is 9.38 Å². The van der Waals surface area contributed by atoms with Gasteiger partial charge in [0.1, 0.15) is 10.0 Å². The molecule has 4 nitrogen and oxygen atoms in total. The molecule has 2 aromatic rings. The van der Waals surface area contributed by atoms with Gasteiger partial charge in [0.25, 0.3) is 0 Å². The van der Waals surface area contributed by atoms with Crippen LogP contribution in [-0.4, -0.2) is 22.0 Å². The second kappa shape index (κ2) is 4.18.